The normalized spacial score (nSPS) is 12.9. The molecule has 0 heterocycles. The third-order valence-corrected chi connectivity index (χ3v) is 3.21. The Morgan fingerprint density at radius 1 is 1.36 bits per heavy atom. The number of benzene rings is 1. The van der Waals surface area contributed by atoms with Crippen molar-refractivity contribution >= 4 is 16.5 Å². The minimum Gasteiger partial charge on any atom is -0.382 e. The Hall–Kier alpha value is -0.830. The highest BCUT2D eigenvalue weighted by Gasteiger charge is 2.07. The summed E-state index contributed by atoms with van der Waals surface area (Å²) >= 11 is 0. The summed E-state index contributed by atoms with van der Waals surface area (Å²) in [5.74, 6) is 0.663. The van der Waals surface area contributed by atoms with Gasteiger partial charge in [-0.25, -0.2) is 0 Å². The van der Waals surface area contributed by atoms with Crippen molar-refractivity contribution in [3.63, 3.8) is 0 Å². The molecule has 78 valence electrons. The van der Waals surface area contributed by atoms with Crippen LogP contribution in [0.1, 0.15) is 20.8 Å². The average molecular weight is 211 g/mol. The maximum Gasteiger partial charge on any atom is 0.0619 e. The van der Waals surface area contributed by atoms with Crippen molar-refractivity contribution in [2.45, 2.75) is 31.7 Å². The lowest BCUT2D eigenvalue weighted by molar-refractivity contribution is 0.684. The van der Waals surface area contributed by atoms with Crippen LogP contribution in [0.3, 0.4) is 0 Å². The first-order valence-electron chi connectivity index (χ1n) is 4.89. The molecule has 0 spiro atoms. The van der Waals surface area contributed by atoms with Crippen molar-refractivity contribution in [2.75, 3.05) is 11.1 Å². The van der Waals surface area contributed by atoms with Gasteiger partial charge in [0, 0.05) is 11.8 Å². The summed E-state index contributed by atoms with van der Waals surface area (Å²) in [6.45, 7) is 6.08. The lowest BCUT2D eigenvalue weighted by atomic mass is 10.3. The number of rotatable bonds is 4. The van der Waals surface area contributed by atoms with Gasteiger partial charge in [-0.2, -0.15) is 0 Å². The Morgan fingerprint density at radius 2 is 2.00 bits per heavy atom. The molecule has 0 amide bonds. The van der Waals surface area contributed by atoms with Crippen molar-refractivity contribution in [2.24, 2.45) is 0 Å². The van der Waals surface area contributed by atoms with Crippen LogP contribution < -0.4 is 5.32 Å². The maximum absolute atomic E-state index is 11.7. The van der Waals surface area contributed by atoms with E-state index in [9.17, 15) is 4.21 Å². The molecule has 0 radical (unpaired) electrons. The van der Waals surface area contributed by atoms with Crippen LogP contribution in [0.4, 0.5) is 5.69 Å². The number of hydrogen-bond donors (Lipinski definition) is 1. The molecular weight excluding hydrogens is 194 g/mol. The van der Waals surface area contributed by atoms with Gasteiger partial charge in [-0.1, -0.05) is 19.1 Å². The zero-order valence-electron chi connectivity index (χ0n) is 8.91. The lowest BCUT2D eigenvalue weighted by Gasteiger charge is -2.13. The van der Waals surface area contributed by atoms with Gasteiger partial charge in [0.25, 0.3) is 0 Å². The van der Waals surface area contributed by atoms with Crippen LogP contribution >= 0.6 is 0 Å². The summed E-state index contributed by atoms with van der Waals surface area (Å²) in [5, 5.41) is 3.30. The van der Waals surface area contributed by atoms with Crippen LogP contribution in [0.25, 0.3) is 0 Å². The summed E-state index contributed by atoms with van der Waals surface area (Å²) in [6, 6.07) is 8.15. The van der Waals surface area contributed by atoms with Gasteiger partial charge in [-0.15, -0.1) is 0 Å². The molecule has 1 rings (SSSR count). The number of anilines is 1. The molecule has 1 unspecified atom stereocenters. The van der Waals surface area contributed by atoms with E-state index in [0.717, 1.165) is 10.6 Å². The van der Waals surface area contributed by atoms with Crippen molar-refractivity contribution in [3.05, 3.63) is 24.3 Å². The first-order valence-corrected chi connectivity index (χ1v) is 6.21. The van der Waals surface area contributed by atoms with Crippen LogP contribution in [0.5, 0.6) is 0 Å². The Labute approximate surface area is 88.2 Å². The van der Waals surface area contributed by atoms with Gasteiger partial charge in [-0.05, 0) is 26.0 Å². The number of para-hydroxylation sites is 1. The molecule has 14 heavy (non-hydrogen) atoms. The molecule has 3 heteroatoms. The van der Waals surface area contributed by atoms with E-state index >= 15 is 0 Å². The Balaban J connectivity index is 2.97. The van der Waals surface area contributed by atoms with E-state index in [2.05, 4.69) is 19.2 Å². The fraction of sp³-hybridized carbons (Fsp3) is 0.455. The summed E-state index contributed by atoms with van der Waals surface area (Å²) in [6.07, 6.45) is 0. The van der Waals surface area contributed by atoms with Crippen molar-refractivity contribution < 1.29 is 4.21 Å². The number of nitrogens with one attached hydrogen (secondary N) is 1. The van der Waals surface area contributed by atoms with Crippen LogP contribution in [0.2, 0.25) is 0 Å². The molecule has 0 aliphatic carbocycles. The van der Waals surface area contributed by atoms with Gasteiger partial charge in [0.1, 0.15) is 0 Å². The van der Waals surface area contributed by atoms with E-state index in [1.54, 1.807) is 0 Å². The zero-order chi connectivity index (χ0) is 10.6. The summed E-state index contributed by atoms with van der Waals surface area (Å²) < 4.78 is 11.7. The molecular formula is C11H17NOS. The fourth-order valence-corrected chi connectivity index (χ4v) is 2.16. The lowest BCUT2D eigenvalue weighted by Crippen LogP contribution is -2.12. The maximum atomic E-state index is 11.7. The van der Waals surface area contributed by atoms with Crippen LogP contribution in [0.15, 0.2) is 29.2 Å². The molecule has 0 aliphatic rings. The van der Waals surface area contributed by atoms with E-state index in [1.807, 2.05) is 31.2 Å². The minimum atomic E-state index is -0.881. The molecule has 2 nitrogen and oxygen atoms in total. The first-order chi connectivity index (χ1) is 6.65. The summed E-state index contributed by atoms with van der Waals surface area (Å²) in [7, 11) is -0.881. The highest BCUT2D eigenvalue weighted by atomic mass is 32.2. The predicted molar refractivity (Wildman–Crippen MR) is 62.2 cm³/mol. The monoisotopic (exact) mass is 211 g/mol. The molecule has 1 aromatic carbocycles. The Morgan fingerprint density at radius 3 is 2.57 bits per heavy atom. The molecule has 1 aromatic rings. The smallest absolute Gasteiger partial charge is 0.0619 e. The Kier molecular flexibility index (Phi) is 4.14. The van der Waals surface area contributed by atoms with Gasteiger partial charge >= 0.3 is 0 Å². The number of hydrogen-bond acceptors (Lipinski definition) is 2. The first kappa shape index (κ1) is 11.2. The molecule has 0 bridgehead atoms. The quantitative estimate of drug-likeness (QED) is 0.829. The fourth-order valence-electron chi connectivity index (χ4n) is 1.25. The largest absolute Gasteiger partial charge is 0.382 e. The topological polar surface area (TPSA) is 29.1 Å². The van der Waals surface area contributed by atoms with Gasteiger partial charge < -0.3 is 5.32 Å². The second-order valence-electron chi connectivity index (χ2n) is 3.43. The third-order valence-electron chi connectivity index (χ3n) is 1.84. The van der Waals surface area contributed by atoms with Crippen molar-refractivity contribution in [1.82, 2.24) is 0 Å². The average Bonchev–Trinajstić information content (AvgIpc) is 2.16. The molecule has 1 atom stereocenters. The van der Waals surface area contributed by atoms with Crippen molar-refractivity contribution in [3.8, 4) is 0 Å². The molecule has 0 saturated carbocycles. The molecule has 1 N–H and O–H groups in total. The van der Waals surface area contributed by atoms with Gasteiger partial charge in [-0.3, -0.25) is 4.21 Å². The van der Waals surface area contributed by atoms with E-state index in [-0.39, 0.29) is 0 Å². The molecule has 0 fully saturated rings. The van der Waals surface area contributed by atoms with Gasteiger partial charge in [0.05, 0.1) is 21.4 Å². The molecule has 0 saturated heterocycles. The van der Waals surface area contributed by atoms with E-state index in [0.29, 0.717) is 11.8 Å². The van der Waals surface area contributed by atoms with Crippen LogP contribution in [-0.2, 0) is 10.8 Å². The van der Waals surface area contributed by atoms with Gasteiger partial charge in [0.2, 0.25) is 0 Å². The zero-order valence-corrected chi connectivity index (χ0v) is 9.73. The standard InChI is InChI=1S/C11H17NOS/c1-4-14(13)11-8-6-5-7-10(11)12-9(2)3/h5-9,12H,4H2,1-3H3. The van der Waals surface area contributed by atoms with E-state index in [1.165, 1.54) is 0 Å². The molecule has 0 aliphatic heterocycles. The summed E-state index contributed by atoms with van der Waals surface area (Å²) in [5.41, 5.74) is 0.989. The van der Waals surface area contributed by atoms with E-state index < -0.39 is 10.8 Å². The summed E-state index contributed by atoms with van der Waals surface area (Å²) in [4.78, 5) is 0.906. The highest BCUT2D eigenvalue weighted by Crippen LogP contribution is 2.19. The minimum absolute atomic E-state index is 0.366. The van der Waals surface area contributed by atoms with Crippen molar-refractivity contribution in [1.29, 1.82) is 0 Å². The molecule has 0 aromatic heterocycles. The second-order valence-corrected chi connectivity index (χ2v) is 5.14. The second kappa shape index (κ2) is 5.15. The van der Waals surface area contributed by atoms with Crippen LogP contribution in [-0.4, -0.2) is 16.0 Å². The Bertz CT molecular complexity index is 323. The van der Waals surface area contributed by atoms with Gasteiger partial charge in [0.15, 0.2) is 0 Å². The highest BCUT2D eigenvalue weighted by molar-refractivity contribution is 7.85. The SMILES string of the molecule is CCS(=O)c1ccccc1NC(C)C. The predicted octanol–water partition coefficient (Wildman–Crippen LogP) is 2.63. The van der Waals surface area contributed by atoms with Crippen LogP contribution in [0, 0.1) is 0 Å². The van der Waals surface area contributed by atoms with E-state index in [4.69, 9.17) is 0 Å². The third kappa shape index (κ3) is 2.84.